The molecule has 0 unspecified atom stereocenters. The van der Waals surface area contributed by atoms with E-state index in [9.17, 15) is 52.7 Å². The van der Waals surface area contributed by atoms with Gasteiger partial charge in [-0.25, -0.2) is 0 Å². The third kappa shape index (κ3) is 10.0. The van der Waals surface area contributed by atoms with Crippen LogP contribution in [0.25, 0.3) is 0 Å². The van der Waals surface area contributed by atoms with E-state index >= 15 is 0 Å². The molecule has 0 aliphatic heterocycles. The molecule has 1 fully saturated rings. The molecule has 4 nitrogen and oxygen atoms in total. The molecule has 3 rings (SSSR count). The van der Waals surface area contributed by atoms with Crippen LogP contribution < -0.4 is 21.3 Å². The number of hydrogen-bond donors (Lipinski definition) is 4. The lowest BCUT2D eigenvalue weighted by atomic mass is 9.84. The lowest BCUT2D eigenvalue weighted by molar-refractivity contribution is -0.144. The van der Waals surface area contributed by atoms with E-state index in [0.29, 0.717) is 43.5 Å². The van der Waals surface area contributed by atoms with Crippen LogP contribution in [0.1, 0.15) is 47.9 Å². The first-order valence-electron chi connectivity index (χ1n) is 12.3. The number of alkyl halides is 12. The molecule has 0 amide bonds. The van der Waals surface area contributed by atoms with Gasteiger partial charge in [0.05, 0.1) is 22.3 Å². The third-order valence-electron chi connectivity index (χ3n) is 6.44. The summed E-state index contributed by atoms with van der Waals surface area (Å²) in [5.74, 6) is -0.284. The van der Waals surface area contributed by atoms with Crippen molar-refractivity contribution in [1.29, 1.82) is 0 Å². The van der Waals surface area contributed by atoms with Crippen LogP contribution in [0.15, 0.2) is 36.4 Å². The molecule has 0 heterocycles. The molecule has 4 N–H and O–H groups in total. The van der Waals surface area contributed by atoms with E-state index in [1.165, 1.54) is 0 Å². The van der Waals surface area contributed by atoms with E-state index in [4.69, 9.17) is 24.4 Å². The van der Waals surface area contributed by atoms with Gasteiger partial charge in [-0.15, -0.1) is 0 Å². The summed E-state index contributed by atoms with van der Waals surface area (Å²) in [5.41, 5.74) is -7.23. The zero-order valence-electron chi connectivity index (χ0n) is 21.5. The smallest absolute Gasteiger partial charge is 0.362 e. The third-order valence-corrected chi connectivity index (χ3v) is 6.91. The van der Waals surface area contributed by atoms with Gasteiger partial charge in [-0.2, -0.15) is 52.7 Å². The predicted molar refractivity (Wildman–Crippen MR) is 142 cm³/mol. The van der Waals surface area contributed by atoms with E-state index in [-0.39, 0.29) is 34.8 Å². The van der Waals surface area contributed by atoms with Gasteiger partial charge in [0.1, 0.15) is 0 Å². The Morgan fingerprint density at radius 1 is 0.581 bits per heavy atom. The lowest BCUT2D eigenvalue weighted by Crippen LogP contribution is -2.48. The van der Waals surface area contributed by atoms with Crippen LogP contribution in [0.3, 0.4) is 0 Å². The highest BCUT2D eigenvalue weighted by Gasteiger charge is 2.38. The Kier molecular flexibility index (Phi) is 10.4. The zero-order valence-corrected chi connectivity index (χ0v) is 23.1. The van der Waals surface area contributed by atoms with E-state index in [2.05, 4.69) is 21.3 Å². The molecular formula is C25H22F12N4S2. The molecule has 238 valence electrons. The topological polar surface area (TPSA) is 48.1 Å². The molecule has 2 atom stereocenters. The van der Waals surface area contributed by atoms with Crippen LogP contribution in [-0.4, -0.2) is 22.8 Å². The van der Waals surface area contributed by atoms with Crippen molar-refractivity contribution in [1.82, 2.24) is 10.6 Å². The van der Waals surface area contributed by atoms with Gasteiger partial charge >= 0.3 is 24.7 Å². The van der Waals surface area contributed by atoms with Crippen molar-refractivity contribution < 1.29 is 52.7 Å². The molecule has 43 heavy (non-hydrogen) atoms. The van der Waals surface area contributed by atoms with Crippen LogP contribution in [0.2, 0.25) is 0 Å². The van der Waals surface area contributed by atoms with Gasteiger partial charge < -0.3 is 21.3 Å². The lowest BCUT2D eigenvalue weighted by Gasteiger charge is -2.33. The van der Waals surface area contributed by atoms with E-state index in [1.807, 2.05) is 0 Å². The quantitative estimate of drug-likeness (QED) is 0.189. The molecule has 2 aromatic carbocycles. The van der Waals surface area contributed by atoms with Gasteiger partial charge in [0, 0.05) is 24.0 Å². The normalized spacial score (nSPS) is 18.1. The van der Waals surface area contributed by atoms with Crippen molar-refractivity contribution in [3.05, 3.63) is 58.7 Å². The maximum atomic E-state index is 13.2. The molecular weight excluding hydrogens is 648 g/mol. The summed E-state index contributed by atoms with van der Waals surface area (Å²) in [4.78, 5) is 0. The van der Waals surface area contributed by atoms with Gasteiger partial charge in [0.2, 0.25) is 0 Å². The summed E-state index contributed by atoms with van der Waals surface area (Å²) in [6, 6.07) is 1.40. The summed E-state index contributed by atoms with van der Waals surface area (Å²) in [6.45, 7) is 0.0684. The second kappa shape index (κ2) is 12.9. The Balaban J connectivity index is 1.67. The molecule has 1 aliphatic rings. The van der Waals surface area contributed by atoms with Gasteiger partial charge in [0.15, 0.2) is 10.2 Å². The fourth-order valence-corrected chi connectivity index (χ4v) is 4.90. The number of anilines is 2. The number of rotatable bonds is 5. The SMILES string of the molecule is FC(F)(F)c1cc(NC(=S)NC[C@@H]2CCCC[C@H]2NC(=S)Nc2cc(C(F)(F)F)cc(C(F)(F)F)c2)cc(C(F)(F)F)c1. The van der Waals surface area contributed by atoms with Crippen molar-refractivity contribution >= 4 is 46.0 Å². The summed E-state index contributed by atoms with van der Waals surface area (Å²) < 4.78 is 158. The Bertz CT molecular complexity index is 1250. The van der Waals surface area contributed by atoms with E-state index in [1.54, 1.807) is 0 Å². The number of hydrogen-bond acceptors (Lipinski definition) is 2. The number of thiocarbonyl (C=S) groups is 2. The Hall–Kier alpha value is -3.02. The summed E-state index contributed by atoms with van der Waals surface area (Å²) in [7, 11) is 0. The Morgan fingerprint density at radius 2 is 0.953 bits per heavy atom. The minimum atomic E-state index is -5.05. The standard InChI is InChI=1S/C25H22F12N4S2/c26-22(27,28)13-5-14(23(29,30)31)8-17(7-13)39-20(42)38-11-12-3-1-2-4-19(12)41-21(43)40-18-9-15(24(32,33)34)6-16(10-18)25(35,36)37/h5-10,12,19H,1-4,11H2,(H2,38,39,42)(H2,40,41,43)/t12-,19+/m0/s1. The van der Waals surface area contributed by atoms with Crippen LogP contribution in [0, 0.1) is 5.92 Å². The molecule has 0 aromatic heterocycles. The molecule has 18 heteroatoms. The highest BCUT2D eigenvalue weighted by Crippen LogP contribution is 2.39. The first kappa shape index (κ1) is 34.5. The highest BCUT2D eigenvalue weighted by molar-refractivity contribution is 7.80. The molecule has 0 saturated heterocycles. The van der Waals surface area contributed by atoms with Gasteiger partial charge in [0.25, 0.3) is 0 Å². The van der Waals surface area contributed by atoms with E-state index in [0.717, 1.165) is 6.42 Å². The number of halogens is 12. The number of nitrogens with one attached hydrogen (secondary N) is 4. The van der Waals surface area contributed by atoms with E-state index < -0.39 is 64.4 Å². The maximum absolute atomic E-state index is 13.2. The molecule has 1 saturated carbocycles. The van der Waals surface area contributed by atoms with Gasteiger partial charge in [-0.3, -0.25) is 0 Å². The van der Waals surface area contributed by atoms with Crippen LogP contribution in [0.4, 0.5) is 64.1 Å². The van der Waals surface area contributed by atoms with Gasteiger partial charge in [-0.1, -0.05) is 12.8 Å². The van der Waals surface area contributed by atoms with Gasteiger partial charge in [-0.05, 0) is 79.6 Å². The average molecular weight is 671 g/mol. The Morgan fingerprint density at radius 3 is 1.35 bits per heavy atom. The molecule has 0 bridgehead atoms. The highest BCUT2D eigenvalue weighted by atomic mass is 32.1. The first-order valence-corrected chi connectivity index (χ1v) is 13.2. The van der Waals surface area contributed by atoms with Crippen molar-refractivity contribution in [2.24, 2.45) is 5.92 Å². The van der Waals surface area contributed by atoms with Crippen molar-refractivity contribution in [3.8, 4) is 0 Å². The van der Waals surface area contributed by atoms with Crippen molar-refractivity contribution in [2.45, 2.75) is 56.4 Å². The van der Waals surface area contributed by atoms with Crippen LogP contribution >= 0.6 is 24.4 Å². The minimum absolute atomic E-state index is 0.0231. The second-order valence-corrected chi connectivity index (χ2v) is 10.5. The monoisotopic (exact) mass is 670 g/mol. The summed E-state index contributed by atoms with van der Waals surface area (Å²) in [5, 5.41) is 9.70. The maximum Gasteiger partial charge on any atom is 0.416 e. The minimum Gasteiger partial charge on any atom is -0.362 e. The largest absolute Gasteiger partial charge is 0.416 e. The summed E-state index contributed by atoms with van der Waals surface area (Å²) in [6.07, 6.45) is -17.7. The van der Waals surface area contributed by atoms with Crippen molar-refractivity contribution in [3.63, 3.8) is 0 Å². The fraction of sp³-hybridized carbons (Fsp3) is 0.440. The van der Waals surface area contributed by atoms with Crippen molar-refractivity contribution in [2.75, 3.05) is 17.2 Å². The van der Waals surface area contributed by atoms with Crippen LogP contribution in [0.5, 0.6) is 0 Å². The molecule has 2 aromatic rings. The average Bonchev–Trinajstić information content (AvgIpc) is 2.85. The molecule has 0 spiro atoms. The fourth-order valence-electron chi connectivity index (χ4n) is 4.43. The molecule has 0 radical (unpaired) electrons. The number of benzene rings is 2. The summed E-state index contributed by atoms with van der Waals surface area (Å²) >= 11 is 10.2. The zero-order chi connectivity index (χ0) is 32.4. The Labute approximate surface area is 247 Å². The molecule has 1 aliphatic carbocycles. The second-order valence-electron chi connectivity index (χ2n) is 9.67. The predicted octanol–water partition coefficient (Wildman–Crippen LogP) is 8.59. The van der Waals surface area contributed by atoms with Crippen LogP contribution in [-0.2, 0) is 24.7 Å². The first-order chi connectivity index (χ1) is 19.6.